The zero-order valence-electron chi connectivity index (χ0n) is 19.3. The molecule has 0 radical (unpaired) electrons. The molecule has 1 aromatic heterocycles. The fourth-order valence-electron chi connectivity index (χ4n) is 4.75. The van der Waals surface area contributed by atoms with Gasteiger partial charge in [-0.25, -0.2) is 4.98 Å². The van der Waals surface area contributed by atoms with Gasteiger partial charge in [-0.2, -0.15) is 0 Å². The van der Waals surface area contributed by atoms with Crippen LogP contribution in [-0.4, -0.2) is 52.7 Å². The first-order chi connectivity index (χ1) is 15.8. The number of phenolic OH excluding ortho intramolecular Hbond substituents is 1. The predicted octanol–water partition coefficient (Wildman–Crippen LogP) is 3.54. The van der Waals surface area contributed by atoms with Gasteiger partial charge in [0.15, 0.2) is 5.78 Å². The van der Waals surface area contributed by atoms with Crippen molar-refractivity contribution in [3.05, 3.63) is 51.7 Å². The molecule has 2 aromatic rings. The summed E-state index contributed by atoms with van der Waals surface area (Å²) in [5.74, 6) is 0.503. The number of hydrogen-bond acceptors (Lipinski definition) is 6. The van der Waals surface area contributed by atoms with Crippen molar-refractivity contribution < 1.29 is 19.4 Å². The lowest BCUT2D eigenvalue weighted by Crippen LogP contribution is -2.30. The van der Waals surface area contributed by atoms with Gasteiger partial charge in [0, 0.05) is 18.2 Å². The van der Waals surface area contributed by atoms with E-state index >= 15 is 0 Å². The van der Waals surface area contributed by atoms with E-state index in [1.807, 2.05) is 19.9 Å². The van der Waals surface area contributed by atoms with E-state index in [1.165, 1.54) is 7.05 Å². The van der Waals surface area contributed by atoms with Crippen LogP contribution in [0.5, 0.6) is 11.6 Å². The third-order valence-electron chi connectivity index (χ3n) is 6.51. The Hall–Kier alpha value is -3.42. The van der Waals surface area contributed by atoms with Crippen LogP contribution < -0.4 is 10.1 Å². The number of amides is 1. The fraction of sp³-hybridized carbons (Fsp3) is 0.440. The number of ether oxygens (including phenoxy) is 1. The van der Waals surface area contributed by atoms with Crippen molar-refractivity contribution in [2.24, 2.45) is 0 Å². The molecule has 8 heteroatoms. The topological polar surface area (TPSA) is 116 Å². The van der Waals surface area contributed by atoms with Crippen molar-refractivity contribution in [2.75, 3.05) is 20.2 Å². The van der Waals surface area contributed by atoms with E-state index in [1.54, 1.807) is 17.0 Å². The molecule has 2 aliphatic rings. The number of amidine groups is 1. The van der Waals surface area contributed by atoms with Crippen molar-refractivity contribution in [1.29, 1.82) is 5.41 Å². The van der Waals surface area contributed by atoms with Gasteiger partial charge in [-0.05, 0) is 61.9 Å². The van der Waals surface area contributed by atoms with Crippen LogP contribution in [0.2, 0.25) is 0 Å². The molecular formula is C25H30N4O4. The molecule has 33 heavy (non-hydrogen) atoms. The highest BCUT2D eigenvalue weighted by molar-refractivity contribution is 6.07. The second-order valence-corrected chi connectivity index (χ2v) is 8.69. The van der Waals surface area contributed by atoms with Crippen LogP contribution in [0.3, 0.4) is 0 Å². The molecule has 3 N–H and O–H groups in total. The number of nitrogens with zero attached hydrogens (tertiary/aromatic N) is 2. The number of phenols is 1. The summed E-state index contributed by atoms with van der Waals surface area (Å²) in [5, 5.41) is 21.7. The van der Waals surface area contributed by atoms with Gasteiger partial charge in [0.25, 0.3) is 5.91 Å². The number of fused-ring (bicyclic) bond motifs is 1. The van der Waals surface area contributed by atoms with E-state index in [0.29, 0.717) is 35.5 Å². The highest BCUT2D eigenvalue weighted by atomic mass is 16.5. The zero-order valence-corrected chi connectivity index (χ0v) is 19.3. The SMILES string of the molecule is CCOc1nc2c(cc1C(=O)NC)C(=N)N(CC(=O)c1cc(C)c(O)c(C3CCCC3)c1)C2. The Labute approximate surface area is 193 Å². The Morgan fingerprint density at radius 2 is 2.00 bits per heavy atom. The Morgan fingerprint density at radius 3 is 2.67 bits per heavy atom. The summed E-state index contributed by atoms with van der Waals surface area (Å²) in [5.41, 5.74) is 3.50. The number of aromatic hydroxyl groups is 1. The summed E-state index contributed by atoms with van der Waals surface area (Å²) in [7, 11) is 1.53. The molecule has 174 valence electrons. The molecule has 4 rings (SSSR count). The average Bonchev–Trinajstić information content (AvgIpc) is 3.43. The maximum absolute atomic E-state index is 13.2. The third-order valence-corrected chi connectivity index (χ3v) is 6.51. The van der Waals surface area contributed by atoms with Crippen molar-refractivity contribution in [1.82, 2.24) is 15.2 Å². The summed E-state index contributed by atoms with van der Waals surface area (Å²) >= 11 is 0. The number of hydrogen-bond donors (Lipinski definition) is 3. The number of aryl methyl sites for hydroxylation is 1. The fourth-order valence-corrected chi connectivity index (χ4v) is 4.75. The molecule has 1 aromatic carbocycles. The number of Topliss-reactive ketones (excluding diaryl/α,β-unsaturated/α-hetero) is 1. The van der Waals surface area contributed by atoms with Crippen molar-refractivity contribution in [3.63, 3.8) is 0 Å². The van der Waals surface area contributed by atoms with Gasteiger partial charge < -0.3 is 20.1 Å². The lowest BCUT2D eigenvalue weighted by atomic mass is 9.91. The average molecular weight is 451 g/mol. The van der Waals surface area contributed by atoms with Crippen LogP contribution in [0.15, 0.2) is 18.2 Å². The Morgan fingerprint density at radius 1 is 1.27 bits per heavy atom. The van der Waals surface area contributed by atoms with Crippen molar-refractivity contribution >= 4 is 17.5 Å². The predicted molar refractivity (Wildman–Crippen MR) is 124 cm³/mol. The molecule has 0 spiro atoms. The highest BCUT2D eigenvalue weighted by Crippen LogP contribution is 2.40. The number of rotatable bonds is 7. The summed E-state index contributed by atoms with van der Waals surface area (Å²) in [6.45, 7) is 4.30. The van der Waals surface area contributed by atoms with Crippen molar-refractivity contribution in [2.45, 2.75) is 52.0 Å². The quantitative estimate of drug-likeness (QED) is 0.556. The van der Waals surface area contributed by atoms with E-state index in [2.05, 4.69) is 10.3 Å². The zero-order chi connectivity index (χ0) is 23.7. The summed E-state index contributed by atoms with van der Waals surface area (Å²) in [4.78, 5) is 31.6. The van der Waals surface area contributed by atoms with Gasteiger partial charge in [0.2, 0.25) is 5.88 Å². The normalized spacial score (nSPS) is 15.6. The number of ketones is 1. The monoisotopic (exact) mass is 450 g/mol. The van der Waals surface area contributed by atoms with Crippen LogP contribution in [0.1, 0.15) is 81.6 Å². The summed E-state index contributed by atoms with van der Waals surface area (Å²) in [6, 6.07) is 5.16. The molecule has 1 amide bonds. The summed E-state index contributed by atoms with van der Waals surface area (Å²) < 4.78 is 5.54. The van der Waals surface area contributed by atoms with Gasteiger partial charge in [-0.1, -0.05) is 12.8 Å². The molecule has 1 fully saturated rings. The third kappa shape index (κ3) is 4.29. The van der Waals surface area contributed by atoms with Gasteiger partial charge in [0.1, 0.15) is 17.1 Å². The lowest BCUT2D eigenvalue weighted by Gasteiger charge is -2.19. The molecule has 1 saturated carbocycles. The number of pyridine rings is 1. The van der Waals surface area contributed by atoms with Crippen LogP contribution >= 0.6 is 0 Å². The van der Waals surface area contributed by atoms with Gasteiger partial charge >= 0.3 is 0 Å². The van der Waals surface area contributed by atoms with Gasteiger partial charge in [-0.15, -0.1) is 0 Å². The molecule has 0 saturated heterocycles. The molecule has 1 aliphatic heterocycles. The Balaban J connectivity index is 1.58. The van der Waals surface area contributed by atoms with Crippen molar-refractivity contribution in [3.8, 4) is 11.6 Å². The maximum Gasteiger partial charge on any atom is 0.256 e. The standard InChI is InChI=1S/C25H30N4O4/c1-4-33-25-19(24(32)27-3)11-18-20(28-25)12-29(23(18)26)13-21(30)16-9-14(2)22(31)17(10-16)15-7-5-6-8-15/h9-11,15,26,31H,4-8,12-13H2,1-3H3,(H,27,32). The second kappa shape index (κ2) is 9.21. The number of aromatic nitrogens is 1. The molecule has 1 aliphatic carbocycles. The van der Waals surface area contributed by atoms with E-state index in [0.717, 1.165) is 31.2 Å². The molecule has 2 heterocycles. The Kier molecular flexibility index (Phi) is 6.35. The number of nitrogens with one attached hydrogen (secondary N) is 2. The van der Waals surface area contributed by atoms with E-state index in [9.17, 15) is 14.7 Å². The van der Waals surface area contributed by atoms with Gasteiger partial charge in [-0.3, -0.25) is 15.0 Å². The minimum atomic E-state index is -0.338. The molecule has 0 atom stereocenters. The first-order valence-corrected chi connectivity index (χ1v) is 11.4. The minimum Gasteiger partial charge on any atom is -0.507 e. The van der Waals surface area contributed by atoms with Crippen LogP contribution in [0, 0.1) is 12.3 Å². The van der Waals surface area contributed by atoms with Gasteiger partial charge in [0.05, 0.1) is 25.4 Å². The van der Waals surface area contributed by atoms with E-state index < -0.39 is 0 Å². The first-order valence-electron chi connectivity index (χ1n) is 11.4. The number of carbonyl (C=O) groups excluding carboxylic acids is 2. The van der Waals surface area contributed by atoms with Crippen LogP contribution in [-0.2, 0) is 6.54 Å². The minimum absolute atomic E-state index is 0.0167. The smallest absolute Gasteiger partial charge is 0.256 e. The first kappa shape index (κ1) is 22.8. The molecule has 8 nitrogen and oxygen atoms in total. The molecular weight excluding hydrogens is 420 g/mol. The highest BCUT2D eigenvalue weighted by Gasteiger charge is 2.31. The number of carbonyl (C=O) groups is 2. The maximum atomic E-state index is 13.2. The van der Waals surface area contributed by atoms with Crippen LogP contribution in [0.25, 0.3) is 0 Å². The molecule has 0 unspecified atom stereocenters. The Bertz CT molecular complexity index is 1120. The number of benzene rings is 1. The summed E-state index contributed by atoms with van der Waals surface area (Å²) in [6.07, 6.45) is 4.33. The largest absolute Gasteiger partial charge is 0.507 e. The lowest BCUT2D eigenvalue weighted by molar-refractivity contribution is 0.0952. The van der Waals surface area contributed by atoms with E-state index in [4.69, 9.17) is 10.1 Å². The van der Waals surface area contributed by atoms with E-state index in [-0.39, 0.29) is 47.2 Å². The molecule has 0 bridgehead atoms. The second-order valence-electron chi connectivity index (χ2n) is 8.69. The van der Waals surface area contributed by atoms with Crippen LogP contribution in [0.4, 0.5) is 0 Å².